The van der Waals surface area contributed by atoms with Crippen LogP contribution >= 0.6 is 15.9 Å². The number of aromatic nitrogens is 2. The van der Waals surface area contributed by atoms with Gasteiger partial charge in [-0.25, -0.2) is 0 Å². The van der Waals surface area contributed by atoms with Gasteiger partial charge in [-0.2, -0.15) is 5.10 Å². The molecule has 3 nitrogen and oxygen atoms in total. The molecule has 1 unspecified atom stereocenters. The van der Waals surface area contributed by atoms with E-state index in [9.17, 15) is 0 Å². The van der Waals surface area contributed by atoms with E-state index in [0.717, 1.165) is 24.9 Å². The SMILES string of the molecule is CCc1nn(C)c(CN2CCCC2C2CCCC2)c1Br. The molecule has 2 heterocycles. The molecule has 0 radical (unpaired) electrons. The highest BCUT2D eigenvalue weighted by atomic mass is 79.9. The normalized spacial score (nSPS) is 24.9. The minimum atomic E-state index is 0.823. The molecule has 1 aromatic rings. The van der Waals surface area contributed by atoms with Crippen LogP contribution in [-0.4, -0.2) is 27.3 Å². The van der Waals surface area contributed by atoms with E-state index < -0.39 is 0 Å². The van der Waals surface area contributed by atoms with Crippen molar-refractivity contribution in [1.82, 2.24) is 14.7 Å². The van der Waals surface area contributed by atoms with E-state index >= 15 is 0 Å². The molecule has 0 bridgehead atoms. The summed E-state index contributed by atoms with van der Waals surface area (Å²) in [6.07, 6.45) is 9.58. The third kappa shape index (κ3) is 2.69. The molecule has 1 atom stereocenters. The maximum atomic E-state index is 4.64. The van der Waals surface area contributed by atoms with Crippen LogP contribution in [0.2, 0.25) is 0 Å². The fraction of sp³-hybridized carbons (Fsp3) is 0.812. The van der Waals surface area contributed by atoms with Crippen LogP contribution in [0.4, 0.5) is 0 Å². The van der Waals surface area contributed by atoms with Crippen LogP contribution in [0.15, 0.2) is 4.47 Å². The van der Waals surface area contributed by atoms with Gasteiger partial charge in [0.1, 0.15) is 0 Å². The molecule has 1 aliphatic heterocycles. The number of halogens is 1. The first-order valence-electron chi connectivity index (χ1n) is 8.15. The fourth-order valence-electron chi connectivity index (χ4n) is 4.11. The Hall–Kier alpha value is -0.350. The van der Waals surface area contributed by atoms with Gasteiger partial charge >= 0.3 is 0 Å². The van der Waals surface area contributed by atoms with Crippen LogP contribution in [0, 0.1) is 5.92 Å². The molecule has 0 spiro atoms. The van der Waals surface area contributed by atoms with Crippen LogP contribution in [0.1, 0.15) is 56.8 Å². The molecule has 1 aliphatic carbocycles. The topological polar surface area (TPSA) is 21.1 Å². The van der Waals surface area contributed by atoms with Gasteiger partial charge in [0.15, 0.2) is 0 Å². The molecule has 1 saturated heterocycles. The third-order valence-electron chi connectivity index (χ3n) is 5.21. The van der Waals surface area contributed by atoms with Gasteiger partial charge in [0.05, 0.1) is 15.9 Å². The van der Waals surface area contributed by atoms with E-state index in [2.05, 4.69) is 44.6 Å². The van der Waals surface area contributed by atoms with Crippen molar-refractivity contribution in [3.05, 3.63) is 15.9 Å². The molecule has 0 N–H and O–H groups in total. The van der Waals surface area contributed by atoms with Crippen molar-refractivity contribution in [3.63, 3.8) is 0 Å². The lowest BCUT2D eigenvalue weighted by atomic mass is 9.96. The maximum Gasteiger partial charge on any atom is 0.0767 e. The predicted molar refractivity (Wildman–Crippen MR) is 85.7 cm³/mol. The van der Waals surface area contributed by atoms with Crippen LogP contribution in [0.3, 0.4) is 0 Å². The van der Waals surface area contributed by atoms with E-state index in [1.54, 1.807) is 0 Å². The number of aryl methyl sites for hydroxylation is 2. The molecular weight excluding hydrogens is 314 g/mol. The van der Waals surface area contributed by atoms with Crippen LogP contribution < -0.4 is 0 Å². The Bertz CT molecular complexity index is 463. The van der Waals surface area contributed by atoms with Gasteiger partial charge in [-0.05, 0) is 60.5 Å². The molecule has 0 aromatic carbocycles. The zero-order valence-corrected chi connectivity index (χ0v) is 14.3. The Balaban J connectivity index is 1.74. The fourth-order valence-corrected chi connectivity index (χ4v) is 4.85. The second-order valence-electron chi connectivity index (χ2n) is 6.41. The van der Waals surface area contributed by atoms with E-state index in [0.29, 0.717) is 0 Å². The van der Waals surface area contributed by atoms with Gasteiger partial charge in [0, 0.05) is 19.6 Å². The van der Waals surface area contributed by atoms with Gasteiger partial charge < -0.3 is 0 Å². The first-order chi connectivity index (χ1) is 9.70. The van der Waals surface area contributed by atoms with E-state index in [1.165, 1.54) is 60.9 Å². The van der Waals surface area contributed by atoms with Gasteiger partial charge in [0.2, 0.25) is 0 Å². The minimum Gasteiger partial charge on any atom is -0.294 e. The molecular formula is C16H26BrN3. The highest BCUT2D eigenvalue weighted by Crippen LogP contribution is 2.36. The van der Waals surface area contributed by atoms with Gasteiger partial charge in [0.25, 0.3) is 0 Å². The Labute approximate surface area is 130 Å². The molecule has 3 rings (SSSR count). The lowest BCUT2D eigenvalue weighted by Gasteiger charge is -2.29. The summed E-state index contributed by atoms with van der Waals surface area (Å²) in [5, 5.41) is 4.64. The molecule has 1 saturated carbocycles. The molecule has 112 valence electrons. The quantitative estimate of drug-likeness (QED) is 0.829. The Morgan fingerprint density at radius 2 is 1.95 bits per heavy atom. The van der Waals surface area contributed by atoms with Crippen molar-refractivity contribution in [2.24, 2.45) is 13.0 Å². The second-order valence-corrected chi connectivity index (χ2v) is 7.20. The highest BCUT2D eigenvalue weighted by molar-refractivity contribution is 9.10. The van der Waals surface area contributed by atoms with Crippen molar-refractivity contribution in [1.29, 1.82) is 0 Å². The van der Waals surface area contributed by atoms with Crippen LogP contribution in [-0.2, 0) is 20.0 Å². The monoisotopic (exact) mass is 339 g/mol. The van der Waals surface area contributed by atoms with Gasteiger partial charge in [-0.15, -0.1) is 0 Å². The smallest absolute Gasteiger partial charge is 0.0767 e. The minimum absolute atomic E-state index is 0.823. The summed E-state index contributed by atoms with van der Waals surface area (Å²) < 4.78 is 3.31. The van der Waals surface area contributed by atoms with Crippen molar-refractivity contribution < 1.29 is 0 Å². The Kier molecular flexibility index (Phi) is 4.51. The summed E-state index contributed by atoms with van der Waals surface area (Å²) in [7, 11) is 2.08. The van der Waals surface area contributed by atoms with Crippen molar-refractivity contribution >= 4 is 15.9 Å². The molecule has 0 amide bonds. The number of hydrogen-bond acceptors (Lipinski definition) is 2. The van der Waals surface area contributed by atoms with E-state index in [1.807, 2.05) is 0 Å². The Morgan fingerprint density at radius 1 is 1.20 bits per heavy atom. The third-order valence-corrected chi connectivity index (χ3v) is 6.13. The number of nitrogens with zero attached hydrogens (tertiary/aromatic N) is 3. The maximum absolute atomic E-state index is 4.64. The summed E-state index contributed by atoms with van der Waals surface area (Å²) in [5.74, 6) is 0.954. The van der Waals surface area contributed by atoms with Crippen molar-refractivity contribution in [2.75, 3.05) is 6.54 Å². The number of likely N-dealkylation sites (tertiary alicyclic amines) is 1. The molecule has 2 fully saturated rings. The first-order valence-corrected chi connectivity index (χ1v) is 8.94. The van der Waals surface area contributed by atoms with E-state index in [-0.39, 0.29) is 0 Å². The average molecular weight is 340 g/mol. The number of hydrogen-bond donors (Lipinski definition) is 0. The molecule has 20 heavy (non-hydrogen) atoms. The lowest BCUT2D eigenvalue weighted by Crippen LogP contribution is -2.34. The molecule has 2 aliphatic rings. The van der Waals surface area contributed by atoms with Crippen LogP contribution in [0.25, 0.3) is 0 Å². The average Bonchev–Trinajstić information content (AvgIpc) is 3.14. The van der Waals surface area contributed by atoms with Gasteiger partial charge in [-0.1, -0.05) is 19.8 Å². The van der Waals surface area contributed by atoms with Crippen molar-refractivity contribution in [2.45, 2.75) is 64.5 Å². The summed E-state index contributed by atoms with van der Waals surface area (Å²) >= 11 is 3.76. The zero-order chi connectivity index (χ0) is 14.1. The molecule has 1 aromatic heterocycles. The summed E-state index contributed by atoms with van der Waals surface area (Å²) in [5.41, 5.74) is 2.55. The molecule has 4 heteroatoms. The summed E-state index contributed by atoms with van der Waals surface area (Å²) in [6, 6.07) is 0.823. The van der Waals surface area contributed by atoms with Crippen molar-refractivity contribution in [3.8, 4) is 0 Å². The van der Waals surface area contributed by atoms with E-state index in [4.69, 9.17) is 0 Å². The second kappa shape index (κ2) is 6.18. The summed E-state index contributed by atoms with van der Waals surface area (Å²) in [6.45, 7) is 4.50. The lowest BCUT2D eigenvalue weighted by molar-refractivity contribution is 0.179. The predicted octanol–water partition coefficient (Wildman–Crippen LogP) is 3.90. The largest absolute Gasteiger partial charge is 0.294 e. The van der Waals surface area contributed by atoms with Crippen LogP contribution in [0.5, 0.6) is 0 Å². The van der Waals surface area contributed by atoms with Gasteiger partial charge in [-0.3, -0.25) is 9.58 Å². The number of rotatable bonds is 4. The first kappa shape index (κ1) is 14.6. The Morgan fingerprint density at radius 3 is 2.60 bits per heavy atom. The highest BCUT2D eigenvalue weighted by Gasteiger charge is 2.34. The standard InChI is InChI=1S/C16H26BrN3/c1-3-13-16(17)15(19(2)18-13)11-20-10-6-9-14(20)12-7-4-5-8-12/h12,14H,3-11H2,1-2H3. The summed E-state index contributed by atoms with van der Waals surface area (Å²) in [4.78, 5) is 2.72. The zero-order valence-electron chi connectivity index (χ0n) is 12.7.